The zero-order valence-electron chi connectivity index (χ0n) is 9.75. The molecular weight excluding hydrogens is 244 g/mol. The Morgan fingerprint density at radius 3 is 2.71 bits per heavy atom. The Bertz CT molecular complexity index is 521. The molecule has 2 N–H and O–H groups in total. The van der Waals surface area contributed by atoms with Crippen molar-refractivity contribution >= 4 is 10.0 Å². The van der Waals surface area contributed by atoms with E-state index in [1.807, 2.05) is 0 Å². The summed E-state index contributed by atoms with van der Waals surface area (Å²) in [6.07, 6.45) is 2.27. The molecule has 0 spiro atoms. The van der Waals surface area contributed by atoms with Crippen LogP contribution in [0.5, 0.6) is 0 Å². The van der Waals surface area contributed by atoms with Crippen molar-refractivity contribution in [2.24, 2.45) is 0 Å². The van der Waals surface area contributed by atoms with Crippen LogP contribution in [0.3, 0.4) is 0 Å². The summed E-state index contributed by atoms with van der Waals surface area (Å²) in [6.45, 7) is 1.74. The number of hydrogen-bond donors (Lipinski definition) is 2. The molecule has 96 valence electrons. The average molecular weight is 260 g/mol. The molecular formula is C10H16N2O4S. The summed E-state index contributed by atoms with van der Waals surface area (Å²) in [5.74, 6) is 0. The molecule has 1 aromatic heterocycles. The summed E-state index contributed by atoms with van der Waals surface area (Å²) < 4.78 is 25.0. The van der Waals surface area contributed by atoms with E-state index in [1.54, 1.807) is 6.92 Å². The molecule has 1 aromatic rings. The van der Waals surface area contributed by atoms with Crippen LogP contribution in [0.2, 0.25) is 0 Å². The van der Waals surface area contributed by atoms with Crippen molar-refractivity contribution in [3.63, 3.8) is 0 Å². The highest BCUT2D eigenvalue weighted by Crippen LogP contribution is 2.09. The SMILES string of the molecule is CC(O)CCN(C)S(=O)(=O)c1c[nH]ccc1=O. The van der Waals surface area contributed by atoms with Crippen molar-refractivity contribution < 1.29 is 13.5 Å². The number of aliphatic hydroxyl groups excluding tert-OH is 1. The Hall–Kier alpha value is -1.18. The van der Waals surface area contributed by atoms with Crippen LogP contribution < -0.4 is 5.43 Å². The van der Waals surface area contributed by atoms with Crippen LogP contribution >= 0.6 is 0 Å². The van der Waals surface area contributed by atoms with E-state index in [0.717, 1.165) is 16.6 Å². The van der Waals surface area contributed by atoms with E-state index in [2.05, 4.69) is 4.98 Å². The maximum absolute atomic E-state index is 12.0. The highest BCUT2D eigenvalue weighted by molar-refractivity contribution is 7.89. The minimum absolute atomic E-state index is 0.161. The molecule has 17 heavy (non-hydrogen) atoms. The number of nitrogens with zero attached hydrogens (tertiary/aromatic N) is 1. The van der Waals surface area contributed by atoms with Gasteiger partial charge in [0.15, 0.2) is 0 Å². The Labute approximate surface area is 100.0 Å². The van der Waals surface area contributed by atoms with Gasteiger partial charge in [0.1, 0.15) is 4.90 Å². The molecule has 0 saturated heterocycles. The van der Waals surface area contributed by atoms with E-state index >= 15 is 0 Å². The fourth-order valence-corrected chi connectivity index (χ4v) is 2.48. The molecule has 0 aliphatic carbocycles. The molecule has 1 rings (SSSR count). The third-order valence-electron chi connectivity index (χ3n) is 2.34. The van der Waals surface area contributed by atoms with E-state index in [4.69, 9.17) is 5.11 Å². The molecule has 1 heterocycles. The van der Waals surface area contributed by atoms with Crippen molar-refractivity contribution in [3.05, 3.63) is 28.7 Å². The van der Waals surface area contributed by atoms with Crippen LogP contribution in [0.4, 0.5) is 0 Å². The molecule has 0 aromatic carbocycles. The van der Waals surface area contributed by atoms with Gasteiger partial charge in [0, 0.05) is 32.1 Å². The number of H-pyrrole nitrogens is 1. The van der Waals surface area contributed by atoms with Crippen LogP contribution in [0.1, 0.15) is 13.3 Å². The predicted octanol–water partition coefficient (Wildman–Crippen LogP) is -0.234. The van der Waals surface area contributed by atoms with Gasteiger partial charge in [-0.25, -0.2) is 12.7 Å². The molecule has 0 radical (unpaired) electrons. The lowest BCUT2D eigenvalue weighted by molar-refractivity contribution is 0.177. The maximum atomic E-state index is 12.0. The third-order valence-corrected chi connectivity index (χ3v) is 4.22. The molecule has 0 saturated carbocycles. The van der Waals surface area contributed by atoms with Gasteiger partial charge in [-0.3, -0.25) is 4.79 Å². The molecule has 0 amide bonds. The summed E-state index contributed by atoms with van der Waals surface area (Å²) in [5, 5.41) is 9.10. The largest absolute Gasteiger partial charge is 0.393 e. The quantitative estimate of drug-likeness (QED) is 0.765. The summed E-state index contributed by atoms with van der Waals surface area (Å²) in [7, 11) is -2.41. The second-order valence-corrected chi connectivity index (χ2v) is 5.85. The third kappa shape index (κ3) is 3.39. The number of aliphatic hydroxyl groups is 1. The number of nitrogens with one attached hydrogen (secondary N) is 1. The molecule has 6 nitrogen and oxygen atoms in total. The van der Waals surface area contributed by atoms with Crippen LogP contribution in [0, 0.1) is 0 Å². The van der Waals surface area contributed by atoms with Crippen LogP contribution in [0.15, 0.2) is 28.2 Å². The van der Waals surface area contributed by atoms with Crippen LogP contribution in [-0.4, -0.2) is 42.5 Å². The monoisotopic (exact) mass is 260 g/mol. The van der Waals surface area contributed by atoms with Gasteiger partial charge >= 0.3 is 0 Å². The number of aromatic nitrogens is 1. The average Bonchev–Trinajstić information content (AvgIpc) is 2.26. The lowest BCUT2D eigenvalue weighted by Gasteiger charge is -2.17. The topological polar surface area (TPSA) is 90.5 Å². The number of pyridine rings is 1. The minimum atomic E-state index is -3.79. The van der Waals surface area contributed by atoms with Crippen molar-refractivity contribution in [1.82, 2.24) is 9.29 Å². The summed E-state index contributed by atoms with van der Waals surface area (Å²) in [5.41, 5.74) is -0.548. The molecule has 0 aliphatic heterocycles. The fraction of sp³-hybridized carbons (Fsp3) is 0.500. The number of aromatic amines is 1. The Kier molecular flexibility index (Phi) is 4.44. The highest BCUT2D eigenvalue weighted by Gasteiger charge is 2.23. The molecule has 0 bridgehead atoms. The number of sulfonamides is 1. The molecule has 1 unspecified atom stereocenters. The Morgan fingerprint density at radius 1 is 1.53 bits per heavy atom. The first-order valence-corrected chi connectivity index (χ1v) is 6.61. The minimum Gasteiger partial charge on any atom is -0.393 e. The van der Waals surface area contributed by atoms with Gasteiger partial charge < -0.3 is 10.1 Å². The summed E-state index contributed by atoms with van der Waals surface area (Å²) in [4.78, 5) is 13.7. The lowest BCUT2D eigenvalue weighted by atomic mass is 10.3. The Balaban J connectivity index is 2.96. The lowest BCUT2D eigenvalue weighted by Crippen LogP contribution is -2.32. The summed E-state index contributed by atoms with van der Waals surface area (Å²) in [6, 6.07) is 1.16. The van der Waals surface area contributed by atoms with Gasteiger partial charge in [-0.1, -0.05) is 0 Å². The molecule has 1 atom stereocenters. The second kappa shape index (κ2) is 5.44. The van der Waals surface area contributed by atoms with Crippen molar-refractivity contribution in [3.8, 4) is 0 Å². The normalized spacial score (nSPS) is 13.9. The van der Waals surface area contributed by atoms with Crippen molar-refractivity contribution in [2.75, 3.05) is 13.6 Å². The number of hydrogen-bond acceptors (Lipinski definition) is 4. The van der Waals surface area contributed by atoms with Crippen LogP contribution in [0.25, 0.3) is 0 Å². The predicted molar refractivity (Wildman–Crippen MR) is 63.2 cm³/mol. The van der Waals surface area contributed by atoms with E-state index in [-0.39, 0.29) is 11.4 Å². The Morgan fingerprint density at radius 2 is 2.18 bits per heavy atom. The van der Waals surface area contributed by atoms with E-state index in [1.165, 1.54) is 13.2 Å². The van der Waals surface area contributed by atoms with Gasteiger partial charge in [0.2, 0.25) is 15.5 Å². The van der Waals surface area contributed by atoms with Crippen LogP contribution in [-0.2, 0) is 10.0 Å². The number of rotatable bonds is 5. The zero-order chi connectivity index (χ0) is 13.1. The van der Waals surface area contributed by atoms with E-state index < -0.39 is 21.6 Å². The molecule has 0 aliphatic rings. The van der Waals surface area contributed by atoms with Crippen molar-refractivity contribution in [1.29, 1.82) is 0 Å². The maximum Gasteiger partial charge on any atom is 0.248 e. The van der Waals surface area contributed by atoms with E-state index in [9.17, 15) is 13.2 Å². The van der Waals surface area contributed by atoms with Gasteiger partial charge in [-0.05, 0) is 13.3 Å². The molecule has 0 fully saturated rings. The van der Waals surface area contributed by atoms with Gasteiger partial charge in [-0.15, -0.1) is 0 Å². The fourth-order valence-electron chi connectivity index (χ4n) is 1.26. The highest BCUT2D eigenvalue weighted by atomic mass is 32.2. The van der Waals surface area contributed by atoms with E-state index in [0.29, 0.717) is 6.42 Å². The second-order valence-electron chi connectivity index (χ2n) is 3.84. The first-order chi connectivity index (χ1) is 7.85. The van der Waals surface area contributed by atoms with Gasteiger partial charge in [0.05, 0.1) is 6.10 Å². The molecule has 7 heteroatoms. The summed E-state index contributed by atoms with van der Waals surface area (Å²) >= 11 is 0. The standard InChI is InChI=1S/C10H16N2O4S/c1-8(13)4-6-12(2)17(15,16)10-7-11-5-3-9(10)14/h3,5,7-8,13H,4,6H2,1-2H3,(H,11,14). The first-order valence-electron chi connectivity index (χ1n) is 5.17. The van der Waals surface area contributed by atoms with Crippen molar-refractivity contribution in [2.45, 2.75) is 24.3 Å². The van der Waals surface area contributed by atoms with Gasteiger partial charge in [0.25, 0.3) is 0 Å². The van der Waals surface area contributed by atoms with Gasteiger partial charge in [-0.2, -0.15) is 0 Å². The smallest absolute Gasteiger partial charge is 0.248 e. The zero-order valence-corrected chi connectivity index (χ0v) is 10.6. The first kappa shape index (κ1) is 13.9.